The van der Waals surface area contributed by atoms with Crippen LogP contribution in [-0.4, -0.2) is 72.6 Å². The average molecular weight is 329 g/mol. The molecule has 0 saturated carbocycles. The van der Waals surface area contributed by atoms with E-state index in [2.05, 4.69) is 4.90 Å². The Labute approximate surface area is 136 Å². The summed E-state index contributed by atoms with van der Waals surface area (Å²) in [7, 11) is 0. The van der Waals surface area contributed by atoms with Crippen molar-refractivity contribution in [3.63, 3.8) is 0 Å². The molecule has 0 amide bonds. The molecule has 0 spiro atoms. The van der Waals surface area contributed by atoms with Gasteiger partial charge in [-0.25, -0.2) is 0 Å². The predicted octanol–water partition coefficient (Wildman–Crippen LogP) is 0.499. The second kappa shape index (κ2) is 6.64. The Morgan fingerprint density at radius 2 is 2.17 bits per heavy atom. The molecular formula is C16H27NO6. The summed E-state index contributed by atoms with van der Waals surface area (Å²) in [6.07, 6.45) is -0.239. The number of carbonyl (C=O) groups is 1. The number of hydrogen-bond acceptors (Lipinski definition) is 7. The predicted molar refractivity (Wildman–Crippen MR) is 80.5 cm³/mol. The summed E-state index contributed by atoms with van der Waals surface area (Å²) < 4.78 is 22.3. The molecule has 3 fully saturated rings. The molecule has 0 unspecified atom stereocenters. The zero-order chi connectivity index (χ0) is 16.6. The van der Waals surface area contributed by atoms with Crippen molar-refractivity contribution in [1.29, 1.82) is 0 Å². The Balaban J connectivity index is 1.53. The molecule has 0 aromatic heterocycles. The van der Waals surface area contributed by atoms with Crippen LogP contribution in [0.4, 0.5) is 0 Å². The van der Waals surface area contributed by atoms with Gasteiger partial charge in [0, 0.05) is 13.1 Å². The zero-order valence-electron chi connectivity index (χ0n) is 14.1. The largest absolute Gasteiger partial charge is 0.466 e. The van der Waals surface area contributed by atoms with Gasteiger partial charge in [-0.15, -0.1) is 0 Å². The number of hydrogen-bond donors (Lipinski definition) is 1. The maximum atomic E-state index is 11.9. The van der Waals surface area contributed by atoms with Gasteiger partial charge in [0.15, 0.2) is 12.1 Å². The molecule has 23 heavy (non-hydrogen) atoms. The minimum absolute atomic E-state index is 0.0896. The molecule has 0 radical (unpaired) electrons. The van der Waals surface area contributed by atoms with E-state index in [0.717, 1.165) is 19.4 Å². The molecule has 132 valence electrons. The van der Waals surface area contributed by atoms with E-state index in [9.17, 15) is 9.90 Å². The van der Waals surface area contributed by atoms with Crippen LogP contribution in [0, 0.1) is 5.92 Å². The maximum absolute atomic E-state index is 11.9. The Bertz CT molecular complexity index is 442. The summed E-state index contributed by atoms with van der Waals surface area (Å²) in [5.41, 5.74) is 0. The normalized spacial score (nSPS) is 40.1. The summed E-state index contributed by atoms with van der Waals surface area (Å²) in [5.74, 6) is -0.940. The summed E-state index contributed by atoms with van der Waals surface area (Å²) in [6.45, 7) is 7.96. The average Bonchev–Trinajstić information content (AvgIpc) is 2.94. The highest BCUT2D eigenvalue weighted by molar-refractivity contribution is 5.72. The third-order valence-electron chi connectivity index (χ3n) is 4.68. The van der Waals surface area contributed by atoms with Crippen molar-refractivity contribution >= 4 is 5.97 Å². The van der Waals surface area contributed by atoms with Crippen LogP contribution < -0.4 is 0 Å². The van der Waals surface area contributed by atoms with Crippen molar-refractivity contribution in [3.8, 4) is 0 Å². The summed E-state index contributed by atoms with van der Waals surface area (Å²) in [5, 5.41) is 10.4. The van der Waals surface area contributed by atoms with Gasteiger partial charge in [0.2, 0.25) is 0 Å². The molecule has 5 atom stereocenters. The molecule has 7 nitrogen and oxygen atoms in total. The molecule has 3 rings (SSSR count). The Morgan fingerprint density at radius 1 is 1.39 bits per heavy atom. The third-order valence-corrected chi connectivity index (χ3v) is 4.68. The number of aliphatic hydroxyl groups excluding tert-OH is 1. The SMILES string of the molecule is CCOC(=O)[C@H]1CCCN(C[C@H]2O[C@@H]3OC(C)(C)O[C@@H]3[C@H]2O)C1. The van der Waals surface area contributed by atoms with Gasteiger partial charge in [-0.3, -0.25) is 9.69 Å². The number of ether oxygens (including phenoxy) is 4. The second-order valence-corrected chi connectivity index (χ2v) is 6.98. The molecule has 0 bridgehead atoms. The van der Waals surface area contributed by atoms with E-state index in [0.29, 0.717) is 19.7 Å². The number of rotatable bonds is 4. The van der Waals surface area contributed by atoms with E-state index >= 15 is 0 Å². The van der Waals surface area contributed by atoms with Crippen LogP contribution in [-0.2, 0) is 23.7 Å². The number of likely N-dealkylation sites (tertiary alicyclic amines) is 1. The molecule has 0 aliphatic carbocycles. The van der Waals surface area contributed by atoms with E-state index in [1.807, 2.05) is 20.8 Å². The van der Waals surface area contributed by atoms with E-state index in [1.165, 1.54) is 0 Å². The molecule has 3 aliphatic heterocycles. The monoisotopic (exact) mass is 329 g/mol. The van der Waals surface area contributed by atoms with E-state index in [-0.39, 0.29) is 18.0 Å². The lowest BCUT2D eigenvalue weighted by atomic mass is 9.97. The fourth-order valence-corrected chi connectivity index (χ4v) is 3.64. The topological polar surface area (TPSA) is 77.5 Å². The van der Waals surface area contributed by atoms with Crippen LogP contribution in [0.5, 0.6) is 0 Å². The fourth-order valence-electron chi connectivity index (χ4n) is 3.64. The third kappa shape index (κ3) is 3.69. The van der Waals surface area contributed by atoms with E-state index < -0.39 is 24.3 Å². The molecular weight excluding hydrogens is 302 g/mol. The van der Waals surface area contributed by atoms with Gasteiger partial charge >= 0.3 is 5.97 Å². The molecule has 1 N–H and O–H groups in total. The Morgan fingerprint density at radius 3 is 2.87 bits per heavy atom. The van der Waals surface area contributed by atoms with Gasteiger partial charge in [0.05, 0.1) is 12.5 Å². The van der Waals surface area contributed by atoms with Gasteiger partial charge in [-0.1, -0.05) is 0 Å². The van der Waals surface area contributed by atoms with Crippen molar-refractivity contribution in [1.82, 2.24) is 4.90 Å². The molecule has 7 heteroatoms. The van der Waals surface area contributed by atoms with Gasteiger partial charge in [0.25, 0.3) is 0 Å². The summed E-state index contributed by atoms with van der Waals surface area (Å²) in [4.78, 5) is 14.1. The summed E-state index contributed by atoms with van der Waals surface area (Å²) >= 11 is 0. The fraction of sp³-hybridized carbons (Fsp3) is 0.938. The molecule has 3 saturated heterocycles. The smallest absolute Gasteiger partial charge is 0.310 e. The van der Waals surface area contributed by atoms with Crippen LogP contribution in [0.3, 0.4) is 0 Å². The summed E-state index contributed by atoms with van der Waals surface area (Å²) in [6, 6.07) is 0. The van der Waals surface area contributed by atoms with Crippen molar-refractivity contribution in [3.05, 3.63) is 0 Å². The van der Waals surface area contributed by atoms with Crippen molar-refractivity contribution in [2.45, 2.75) is 64.0 Å². The molecule has 3 heterocycles. The van der Waals surface area contributed by atoms with Gasteiger partial charge in [0.1, 0.15) is 18.3 Å². The van der Waals surface area contributed by atoms with Gasteiger partial charge in [-0.2, -0.15) is 0 Å². The minimum Gasteiger partial charge on any atom is -0.466 e. The number of piperidine rings is 1. The standard InChI is InChI=1S/C16H27NO6/c1-4-20-14(19)10-6-5-7-17(8-10)9-11-12(18)13-15(21-11)23-16(2,3)22-13/h10-13,15,18H,4-9H2,1-3H3/t10-,11+,12-,13+,15+/m0/s1. The van der Waals surface area contributed by atoms with Crippen LogP contribution in [0.25, 0.3) is 0 Å². The number of esters is 1. The first-order chi connectivity index (χ1) is 10.9. The molecule has 0 aromatic carbocycles. The van der Waals surface area contributed by atoms with E-state index in [1.54, 1.807) is 0 Å². The quantitative estimate of drug-likeness (QED) is 0.753. The van der Waals surface area contributed by atoms with Gasteiger partial charge < -0.3 is 24.1 Å². The lowest BCUT2D eigenvalue weighted by Crippen LogP contribution is -2.46. The zero-order valence-corrected chi connectivity index (χ0v) is 14.1. The van der Waals surface area contributed by atoms with Crippen LogP contribution in [0.1, 0.15) is 33.6 Å². The first-order valence-corrected chi connectivity index (χ1v) is 8.48. The molecule has 3 aliphatic rings. The lowest BCUT2D eigenvalue weighted by molar-refractivity contribution is -0.216. The highest BCUT2D eigenvalue weighted by Gasteiger charge is 2.54. The van der Waals surface area contributed by atoms with Crippen LogP contribution >= 0.6 is 0 Å². The number of nitrogens with zero attached hydrogens (tertiary/aromatic N) is 1. The van der Waals surface area contributed by atoms with Crippen molar-refractivity contribution < 1.29 is 28.8 Å². The Hall–Kier alpha value is -0.730. The van der Waals surface area contributed by atoms with E-state index in [4.69, 9.17) is 18.9 Å². The minimum atomic E-state index is -0.721. The molecule has 0 aromatic rings. The number of carbonyl (C=O) groups excluding carboxylic acids is 1. The highest BCUT2D eigenvalue weighted by atomic mass is 16.8. The van der Waals surface area contributed by atoms with Crippen molar-refractivity contribution in [2.24, 2.45) is 5.92 Å². The first-order valence-electron chi connectivity index (χ1n) is 8.48. The first kappa shape index (κ1) is 17.1. The van der Waals surface area contributed by atoms with Gasteiger partial charge in [-0.05, 0) is 40.2 Å². The Kier molecular flexibility index (Phi) is 4.94. The van der Waals surface area contributed by atoms with Crippen LogP contribution in [0.2, 0.25) is 0 Å². The highest BCUT2D eigenvalue weighted by Crippen LogP contribution is 2.37. The van der Waals surface area contributed by atoms with Crippen LogP contribution in [0.15, 0.2) is 0 Å². The maximum Gasteiger partial charge on any atom is 0.310 e. The number of aliphatic hydroxyl groups is 1. The lowest BCUT2D eigenvalue weighted by Gasteiger charge is -2.34. The van der Waals surface area contributed by atoms with Crippen molar-refractivity contribution in [2.75, 3.05) is 26.2 Å². The number of fused-ring (bicyclic) bond motifs is 1. The second-order valence-electron chi connectivity index (χ2n) is 6.98.